The molecule has 1 heterocycles. The van der Waals surface area contributed by atoms with Crippen LogP contribution in [0.2, 0.25) is 0 Å². The number of amides is 1. The highest BCUT2D eigenvalue weighted by Gasteiger charge is 2.38. The van der Waals surface area contributed by atoms with Crippen molar-refractivity contribution in [2.75, 3.05) is 13.7 Å². The Kier molecular flexibility index (Phi) is 4.33. The molecule has 0 spiro atoms. The molecule has 2 atom stereocenters. The molecule has 0 aromatic carbocycles. The zero-order valence-electron chi connectivity index (χ0n) is 11.0. The first kappa shape index (κ1) is 13.5. The summed E-state index contributed by atoms with van der Waals surface area (Å²) in [7, 11) is 1.69. The van der Waals surface area contributed by atoms with Gasteiger partial charge < -0.3 is 9.64 Å². The number of rotatable bonds is 5. The molecule has 1 saturated heterocycles. The fourth-order valence-electron chi connectivity index (χ4n) is 2.03. The highest BCUT2D eigenvalue weighted by Crippen LogP contribution is 2.19. The van der Waals surface area contributed by atoms with Crippen LogP contribution in [0.4, 0.5) is 0 Å². The number of carbonyl (C=O) groups is 1. The van der Waals surface area contributed by atoms with Gasteiger partial charge in [0.25, 0.3) is 0 Å². The van der Waals surface area contributed by atoms with Gasteiger partial charge in [-0.2, -0.15) is 0 Å². The Labute approximate surface area is 98.3 Å². The molecule has 0 bridgehead atoms. The van der Waals surface area contributed by atoms with Gasteiger partial charge in [-0.1, -0.05) is 13.3 Å². The molecule has 0 aromatic rings. The maximum absolute atomic E-state index is 12.0. The van der Waals surface area contributed by atoms with Crippen LogP contribution in [0.25, 0.3) is 0 Å². The van der Waals surface area contributed by atoms with Gasteiger partial charge in [-0.05, 0) is 27.2 Å². The topological polar surface area (TPSA) is 41.6 Å². The van der Waals surface area contributed by atoms with E-state index >= 15 is 0 Å². The Morgan fingerprint density at radius 2 is 2.12 bits per heavy atom. The van der Waals surface area contributed by atoms with E-state index < -0.39 is 0 Å². The average molecular weight is 228 g/mol. The van der Waals surface area contributed by atoms with Gasteiger partial charge in [0.15, 0.2) is 0 Å². The fourth-order valence-corrected chi connectivity index (χ4v) is 2.03. The zero-order valence-corrected chi connectivity index (χ0v) is 11.0. The Hall–Kier alpha value is -0.610. The van der Waals surface area contributed by atoms with Crippen molar-refractivity contribution in [2.45, 2.75) is 58.3 Å². The molecule has 1 aliphatic heterocycles. The maximum atomic E-state index is 12.0. The molecule has 4 nitrogen and oxygen atoms in total. The zero-order chi connectivity index (χ0) is 12.3. The average Bonchev–Trinajstić information content (AvgIpc) is 2.47. The second-order valence-electron chi connectivity index (χ2n) is 5.12. The van der Waals surface area contributed by atoms with E-state index in [1.165, 1.54) is 0 Å². The number of ether oxygens (including phenoxy) is 1. The Bertz CT molecular complexity index is 253. The minimum atomic E-state index is -0.284. The van der Waals surface area contributed by atoms with Gasteiger partial charge in [0.05, 0.1) is 24.4 Å². The number of hydrogen-bond donors (Lipinski definition) is 1. The first-order chi connectivity index (χ1) is 7.41. The third-order valence-electron chi connectivity index (χ3n) is 3.14. The maximum Gasteiger partial charge on any atom is 0.240 e. The molecule has 94 valence electrons. The first-order valence-electron chi connectivity index (χ1n) is 6.03. The predicted octanol–water partition coefficient (Wildman–Crippen LogP) is 1.36. The van der Waals surface area contributed by atoms with Crippen LogP contribution in [-0.4, -0.2) is 42.3 Å². The van der Waals surface area contributed by atoms with Crippen molar-refractivity contribution in [1.29, 1.82) is 0 Å². The smallest absolute Gasteiger partial charge is 0.240 e. The molecule has 16 heavy (non-hydrogen) atoms. The van der Waals surface area contributed by atoms with E-state index in [1.54, 1.807) is 7.11 Å². The van der Waals surface area contributed by atoms with Gasteiger partial charge in [-0.3, -0.25) is 10.1 Å². The lowest BCUT2D eigenvalue weighted by molar-refractivity contribution is -0.133. The van der Waals surface area contributed by atoms with Crippen LogP contribution in [0.3, 0.4) is 0 Å². The van der Waals surface area contributed by atoms with Crippen LogP contribution in [-0.2, 0) is 9.53 Å². The lowest BCUT2D eigenvalue weighted by atomic mass is 10.1. The van der Waals surface area contributed by atoms with Gasteiger partial charge in [-0.15, -0.1) is 0 Å². The third kappa shape index (κ3) is 2.95. The Balaban J connectivity index is 2.70. The van der Waals surface area contributed by atoms with Gasteiger partial charge in [0.2, 0.25) is 5.91 Å². The summed E-state index contributed by atoms with van der Waals surface area (Å²) in [6.07, 6.45) is 2.24. The number of carbonyl (C=O) groups excluding carboxylic acids is 1. The highest BCUT2D eigenvalue weighted by atomic mass is 16.5. The SMILES string of the molecule is CCCC1NC(C)C(=O)N1CC(C)(C)OC. The van der Waals surface area contributed by atoms with E-state index in [0.29, 0.717) is 6.54 Å². The molecular weight excluding hydrogens is 204 g/mol. The van der Waals surface area contributed by atoms with Crippen molar-refractivity contribution in [3.05, 3.63) is 0 Å². The Morgan fingerprint density at radius 3 is 2.62 bits per heavy atom. The molecule has 0 saturated carbocycles. The van der Waals surface area contributed by atoms with Crippen molar-refractivity contribution in [3.8, 4) is 0 Å². The normalized spacial score (nSPS) is 26.6. The quantitative estimate of drug-likeness (QED) is 0.772. The molecule has 2 unspecified atom stereocenters. The summed E-state index contributed by atoms with van der Waals surface area (Å²) in [5.74, 6) is 0.184. The summed E-state index contributed by atoms with van der Waals surface area (Å²) in [4.78, 5) is 13.9. The van der Waals surface area contributed by atoms with E-state index in [2.05, 4.69) is 12.2 Å². The van der Waals surface area contributed by atoms with Gasteiger partial charge in [0.1, 0.15) is 0 Å². The van der Waals surface area contributed by atoms with Crippen molar-refractivity contribution >= 4 is 5.91 Å². The summed E-state index contributed by atoms with van der Waals surface area (Å²) in [5, 5.41) is 3.32. The summed E-state index contributed by atoms with van der Waals surface area (Å²) in [5.41, 5.74) is -0.284. The van der Waals surface area contributed by atoms with Crippen LogP contribution >= 0.6 is 0 Å². The summed E-state index contributed by atoms with van der Waals surface area (Å²) in [6, 6.07) is -0.0655. The van der Waals surface area contributed by atoms with Crippen molar-refractivity contribution < 1.29 is 9.53 Å². The lowest BCUT2D eigenvalue weighted by Gasteiger charge is -2.32. The molecule has 1 fully saturated rings. The summed E-state index contributed by atoms with van der Waals surface area (Å²) >= 11 is 0. The summed E-state index contributed by atoms with van der Waals surface area (Å²) in [6.45, 7) is 8.71. The van der Waals surface area contributed by atoms with Gasteiger partial charge >= 0.3 is 0 Å². The monoisotopic (exact) mass is 228 g/mol. The minimum Gasteiger partial charge on any atom is -0.377 e. The van der Waals surface area contributed by atoms with E-state index in [0.717, 1.165) is 12.8 Å². The lowest BCUT2D eigenvalue weighted by Crippen LogP contribution is -2.46. The number of methoxy groups -OCH3 is 1. The van der Waals surface area contributed by atoms with E-state index in [4.69, 9.17) is 4.74 Å². The molecule has 1 N–H and O–H groups in total. The van der Waals surface area contributed by atoms with Crippen LogP contribution in [0.1, 0.15) is 40.5 Å². The second-order valence-corrected chi connectivity index (χ2v) is 5.12. The summed E-state index contributed by atoms with van der Waals surface area (Å²) < 4.78 is 5.39. The minimum absolute atomic E-state index is 0.0655. The molecule has 0 aromatic heterocycles. The standard InChI is InChI=1S/C12H24N2O2/c1-6-7-10-13-9(2)11(15)14(10)8-12(3,4)16-5/h9-10,13H,6-8H2,1-5H3. The fraction of sp³-hybridized carbons (Fsp3) is 0.917. The Morgan fingerprint density at radius 1 is 1.50 bits per heavy atom. The van der Waals surface area contributed by atoms with Crippen LogP contribution < -0.4 is 5.32 Å². The predicted molar refractivity (Wildman–Crippen MR) is 64.1 cm³/mol. The molecule has 4 heteroatoms. The number of nitrogens with one attached hydrogen (secondary N) is 1. The molecule has 1 aliphatic rings. The number of nitrogens with zero attached hydrogens (tertiary/aromatic N) is 1. The van der Waals surface area contributed by atoms with E-state index in [1.807, 2.05) is 25.7 Å². The van der Waals surface area contributed by atoms with Crippen molar-refractivity contribution in [2.24, 2.45) is 0 Å². The van der Waals surface area contributed by atoms with Gasteiger partial charge in [0, 0.05) is 7.11 Å². The van der Waals surface area contributed by atoms with Crippen molar-refractivity contribution in [1.82, 2.24) is 10.2 Å². The van der Waals surface area contributed by atoms with E-state index in [9.17, 15) is 4.79 Å². The van der Waals surface area contributed by atoms with E-state index in [-0.39, 0.29) is 23.7 Å². The third-order valence-corrected chi connectivity index (χ3v) is 3.14. The van der Waals surface area contributed by atoms with Gasteiger partial charge in [-0.25, -0.2) is 0 Å². The molecule has 1 rings (SSSR count). The molecular formula is C12H24N2O2. The molecule has 1 amide bonds. The van der Waals surface area contributed by atoms with Crippen LogP contribution in [0.5, 0.6) is 0 Å². The van der Waals surface area contributed by atoms with Crippen molar-refractivity contribution in [3.63, 3.8) is 0 Å². The number of hydrogen-bond acceptors (Lipinski definition) is 3. The molecule has 0 radical (unpaired) electrons. The largest absolute Gasteiger partial charge is 0.377 e. The highest BCUT2D eigenvalue weighted by molar-refractivity contribution is 5.83. The molecule has 0 aliphatic carbocycles. The second kappa shape index (κ2) is 5.15. The van der Waals surface area contributed by atoms with Crippen LogP contribution in [0, 0.1) is 0 Å². The first-order valence-corrected chi connectivity index (χ1v) is 6.03. The van der Waals surface area contributed by atoms with Crippen LogP contribution in [0.15, 0.2) is 0 Å².